The fraction of sp³-hybridized carbons (Fsp3) is 0.833. The molecule has 60 valence electrons. The number of methoxy groups -OCH3 is 1. The summed E-state index contributed by atoms with van der Waals surface area (Å²) < 4.78 is 4.42. The topological polar surface area (TPSA) is 46.5 Å². The molecule has 0 rings (SSSR count). The molecule has 0 fully saturated rings. The fourth-order valence-electron chi connectivity index (χ4n) is 0.424. The third-order valence-electron chi connectivity index (χ3n) is 0.914. The molecule has 0 radical (unpaired) electrons. The number of ether oxygens (including phenoxy) is 1. The summed E-state index contributed by atoms with van der Waals surface area (Å²) in [5, 5.41) is 8.35. The zero-order valence-electron chi connectivity index (χ0n) is 6.00. The predicted octanol–water partition coefficient (Wildman–Crippen LogP) is 0.275. The van der Waals surface area contributed by atoms with Gasteiger partial charge in [-0.2, -0.15) is 11.8 Å². The molecule has 0 atom stereocenters. The van der Waals surface area contributed by atoms with Crippen molar-refractivity contribution in [1.82, 2.24) is 0 Å². The number of hydrogen-bond donors (Lipinski definition) is 1. The van der Waals surface area contributed by atoms with Crippen LogP contribution in [0.1, 0.15) is 6.42 Å². The van der Waals surface area contributed by atoms with Crippen LogP contribution < -0.4 is 0 Å². The van der Waals surface area contributed by atoms with Crippen molar-refractivity contribution < 1.29 is 14.6 Å². The van der Waals surface area contributed by atoms with E-state index >= 15 is 0 Å². The van der Waals surface area contributed by atoms with E-state index in [0.717, 1.165) is 5.75 Å². The van der Waals surface area contributed by atoms with Gasteiger partial charge in [0.1, 0.15) is 0 Å². The smallest absolute Gasteiger partial charge is 0.306 e. The second-order valence-corrected chi connectivity index (χ2v) is 2.89. The fourth-order valence-corrected chi connectivity index (χ4v) is 1.07. The van der Waals surface area contributed by atoms with Crippen LogP contribution in [0.25, 0.3) is 0 Å². The Labute approximate surface area is 64.8 Å². The summed E-state index contributed by atoms with van der Waals surface area (Å²) in [7, 11) is 1.37. The van der Waals surface area contributed by atoms with E-state index in [9.17, 15) is 4.79 Å². The van der Waals surface area contributed by atoms with Crippen LogP contribution in [-0.4, -0.2) is 36.3 Å². The lowest BCUT2D eigenvalue weighted by Crippen LogP contribution is -2.01. The van der Waals surface area contributed by atoms with Gasteiger partial charge in [0.15, 0.2) is 0 Å². The lowest BCUT2D eigenvalue weighted by Gasteiger charge is -1.97. The molecule has 0 aromatic heterocycles. The Bertz CT molecular complexity index is 95.0. The summed E-state index contributed by atoms with van der Waals surface area (Å²) in [6.45, 7) is 0.172. The van der Waals surface area contributed by atoms with Gasteiger partial charge in [0.05, 0.1) is 20.1 Å². The maximum Gasteiger partial charge on any atom is 0.306 e. The van der Waals surface area contributed by atoms with Gasteiger partial charge in [0.2, 0.25) is 0 Å². The van der Waals surface area contributed by atoms with E-state index in [1.54, 1.807) is 11.8 Å². The summed E-state index contributed by atoms with van der Waals surface area (Å²) in [4.78, 5) is 10.5. The molecule has 0 unspecified atom stereocenters. The zero-order valence-corrected chi connectivity index (χ0v) is 6.82. The molecule has 0 bridgehead atoms. The van der Waals surface area contributed by atoms with Crippen LogP contribution in [0.2, 0.25) is 0 Å². The molecular weight excluding hydrogens is 152 g/mol. The Morgan fingerprint density at radius 3 is 2.80 bits per heavy atom. The molecule has 0 aliphatic rings. The van der Waals surface area contributed by atoms with E-state index in [4.69, 9.17) is 5.11 Å². The van der Waals surface area contributed by atoms with Gasteiger partial charge in [-0.25, -0.2) is 0 Å². The number of aliphatic hydroxyl groups excluding tert-OH is 1. The van der Waals surface area contributed by atoms with E-state index in [0.29, 0.717) is 12.2 Å². The van der Waals surface area contributed by atoms with Gasteiger partial charge >= 0.3 is 5.97 Å². The average molecular weight is 164 g/mol. The molecule has 0 spiro atoms. The molecule has 0 amide bonds. The third-order valence-corrected chi connectivity index (χ3v) is 1.88. The van der Waals surface area contributed by atoms with Crippen LogP contribution in [0.4, 0.5) is 0 Å². The molecule has 0 saturated carbocycles. The van der Waals surface area contributed by atoms with E-state index in [1.807, 2.05) is 0 Å². The third kappa shape index (κ3) is 5.91. The Kier molecular flexibility index (Phi) is 6.74. The predicted molar refractivity (Wildman–Crippen MR) is 41.0 cm³/mol. The van der Waals surface area contributed by atoms with Crippen LogP contribution in [0.5, 0.6) is 0 Å². The number of rotatable bonds is 5. The highest BCUT2D eigenvalue weighted by atomic mass is 32.2. The number of carbonyl (C=O) groups is 1. The Morgan fingerprint density at radius 2 is 2.30 bits per heavy atom. The Balaban J connectivity index is 2.96. The maximum atomic E-state index is 10.5. The highest BCUT2D eigenvalue weighted by Crippen LogP contribution is 2.01. The van der Waals surface area contributed by atoms with Crippen LogP contribution in [-0.2, 0) is 9.53 Å². The Morgan fingerprint density at radius 1 is 1.60 bits per heavy atom. The number of esters is 1. The molecule has 0 aliphatic carbocycles. The lowest BCUT2D eigenvalue weighted by atomic mass is 10.5. The van der Waals surface area contributed by atoms with Crippen molar-refractivity contribution in [2.75, 3.05) is 25.2 Å². The number of carbonyl (C=O) groups excluding carboxylic acids is 1. The molecule has 0 aromatic carbocycles. The minimum Gasteiger partial charge on any atom is -0.469 e. The molecule has 0 aromatic rings. The van der Waals surface area contributed by atoms with Crippen LogP contribution in [0.3, 0.4) is 0 Å². The summed E-state index contributed by atoms with van der Waals surface area (Å²) in [5.41, 5.74) is 0. The van der Waals surface area contributed by atoms with Crippen molar-refractivity contribution in [1.29, 1.82) is 0 Å². The van der Waals surface area contributed by atoms with Crippen molar-refractivity contribution >= 4 is 17.7 Å². The molecule has 10 heavy (non-hydrogen) atoms. The Hall–Kier alpha value is -0.220. The van der Waals surface area contributed by atoms with Gasteiger partial charge in [0.25, 0.3) is 0 Å². The summed E-state index contributed by atoms with van der Waals surface area (Å²) in [6, 6.07) is 0. The number of hydrogen-bond acceptors (Lipinski definition) is 4. The van der Waals surface area contributed by atoms with Gasteiger partial charge in [-0.3, -0.25) is 4.79 Å². The normalized spacial score (nSPS) is 9.40. The van der Waals surface area contributed by atoms with Crippen LogP contribution >= 0.6 is 11.8 Å². The zero-order chi connectivity index (χ0) is 7.82. The van der Waals surface area contributed by atoms with Gasteiger partial charge in [-0.05, 0) is 0 Å². The molecule has 4 heteroatoms. The second kappa shape index (κ2) is 6.89. The SMILES string of the molecule is COC(=O)CCSCCO. The first kappa shape index (κ1) is 9.78. The van der Waals surface area contributed by atoms with Crippen molar-refractivity contribution in [2.24, 2.45) is 0 Å². The van der Waals surface area contributed by atoms with E-state index in [1.165, 1.54) is 7.11 Å². The molecule has 3 nitrogen and oxygen atoms in total. The van der Waals surface area contributed by atoms with Gasteiger partial charge in [0, 0.05) is 11.5 Å². The summed E-state index contributed by atoms with van der Waals surface area (Å²) in [5.74, 6) is 1.23. The van der Waals surface area contributed by atoms with E-state index in [-0.39, 0.29) is 12.6 Å². The summed E-state index contributed by atoms with van der Waals surface area (Å²) >= 11 is 1.55. The highest BCUT2D eigenvalue weighted by Gasteiger charge is 1.97. The first-order chi connectivity index (χ1) is 4.81. The highest BCUT2D eigenvalue weighted by molar-refractivity contribution is 7.99. The quantitative estimate of drug-likeness (QED) is 0.468. The van der Waals surface area contributed by atoms with E-state index < -0.39 is 0 Å². The maximum absolute atomic E-state index is 10.5. The van der Waals surface area contributed by atoms with Crippen molar-refractivity contribution in [3.63, 3.8) is 0 Å². The summed E-state index contributed by atoms with van der Waals surface area (Å²) in [6.07, 6.45) is 0.432. The van der Waals surface area contributed by atoms with Crippen molar-refractivity contribution in [2.45, 2.75) is 6.42 Å². The van der Waals surface area contributed by atoms with Crippen LogP contribution in [0, 0.1) is 0 Å². The first-order valence-corrected chi connectivity index (χ1v) is 4.22. The molecule has 0 heterocycles. The minimum atomic E-state index is -0.189. The first-order valence-electron chi connectivity index (χ1n) is 3.06. The largest absolute Gasteiger partial charge is 0.469 e. The average Bonchev–Trinajstić information content (AvgIpc) is 1.98. The molecular formula is C6H12O3S. The standard InChI is InChI=1S/C6H12O3S/c1-9-6(8)2-4-10-5-3-7/h7H,2-5H2,1H3. The van der Waals surface area contributed by atoms with Crippen molar-refractivity contribution in [3.05, 3.63) is 0 Å². The minimum absolute atomic E-state index is 0.172. The molecule has 0 saturated heterocycles. The van der Waals surface area contributed by atoms with Crippen molar-refractivity contribution in [3.8, 4) is 0 Å². The second-order valence-electron chi connectivity index (χ2n) is 1.66. The molecule has 1 N–H and O–H groups in total. The lowest BCUT2D eigenvalue weighted by molar-refractivity contribution is -0.140. The van der Waals surface area contributed by atoms with E-state index in [2.05, 4.69) is 4.74 Å². The number of thioether (sulfide) groups is 1. The number of aliphatic hydroxyl groups is 1. The van der Waals surface area contributed by atoms with Gasteiger partial charge in [-0.15, -0.1) is 0 Å². The van der Waals surface area contributed by atoms with Crippen LogP contribution in [0.15, 0.2) is 0 Å². The van der Waals surface area contributed by atoms with Gasteiger partial charge < -0.3 is 9.84 Å². The van der Waals surface area contributed by atoms with Gasteiger partial charge in [-0.1, -0.05) is 0 Å². The monoisotopic (exact) mass is 164 g/mol. The molecule has 0 aliphatic heterocycles.